The van der Waals surface area contributed by atoms with Gasteiger partial charge in [-0.2, -0.15) is 0 Å². The van der Waals surface area contributed by atoms with Gasteiger partial charge in [0.1, 0.15) is 0 Å². The van der Waals surface area contributed by atoms with Gasteiger partial charge in [0.05, 0.1) is 11.6 Å². The van der Waals surface area contributed by atoms with E-state index in [2.05, 4.69) is 18.7 Å². The average Bonchev–Trinajstić information content (AvgIpc) is 2.39. The molecule has 0 radical (unpaired) electrons. The summed E-state index contributed by atoms with van der Waals surface area (Å²) in [5.41, 5.74) is 6.22. The summed E-state index contributed by atoms with van der Waals surface area (Å²) >= 11 is 0. The van der Waals surface area contributed by atoms with Crippen LogP contribution in [-0.2, 0) is 4.74 Å². The maximum absolute atomic E-state index is 6.13. The van der Waals surface area contributed by atoms with E-state index in [4.69, 9.17) is 10.5 Å². The predicted molar refractivity (Wildman–Crippen MR) is 73.2 cm³/mol. The highest BCUT2D eigenvalue weighted by Gasteiger charge is 2.43. The van der Waals surface area contributed by atoms with Gasteiger partial charge in [-0.25, -0.2) is 0 Å². The summed E-state index contributed by atoms with van der Waals surface area (Å²) in [6, 6.07) is 0. The molecule has 0 spiro atoms. The Kier molecular flexibility index (Phi) is 6.45. The van der Waals surface area contributed by atoms with Crippen LogP contribution in [0.1, 0.15) is 52.4 Å². The molecular formula is C14H30N2O. The number of rotatable bonds is 7. The van der Waals surface area contributed by atoms with Crippen molar-refractivity contribution < 1.29 is 4.74 Å². The molecule has 0 amide bonds. The highest BCUT2D eigenvalue weighted by molar-refractivity contribution is 5.00. The molecule has 0 aromatic carbocycles. The van der Waals surface area contributed by atoms with Crippen molar-refractivity contribution in [3.05, 3.63) is 0 Å². The lowest BCUT2D eigenvalue weighted by molar-refractivity contribution is -0.0741. The van der Waals surface area contributed by atoms with Crippen molar-refractivity contribution in [1.82, 2.24) is 4.90 Å². The van der Waals surface area contributed by atoms with Crippen LogP contribution in [-0.4, -0.2) is 43.3 Å². The molecule has 3 nitrogen and oxygen atoms in total. The Hall–Kier alpha value is -0.120. The Morgan fingerprint density at radius 3 is 2.65 bits per heavy atom. The van der Waals surface area contributed by atoms with Gasteiger partial charge in [0.15, 0.2) is 0 Å². The predicted octanol–water partition coefficient (Wildman–Crippen LogP) is 2.39. The number of ether oxygens (including phenoxy) is 1. The van der Waals surface area contributed by atoms with Crippen molar-refractivity contribution in [3.63, 3.8) is 0 Å². The van der Waals surface area contributed by atoms with Crippen LogP contribution in [0.15, 0.2) is 0 Å². The molecule has 3 heteroatoms. The third-order valence-electron chi connectivity index (χ3n) is 4.36. The minimum atomic E-state index is 0.0942. The smallest absolute Gasteiger partial charge is 0.0767 e. The molecule has 17 heavy (non-hydrogen) atoms. The lowest BCUT2D eigenvalue weighted by Crippen LogP contribution is -2.63. The molecule has 102 valence electrons. The van der Waals surface area contributed by atoms with Gasteiger partial charge in [-0.1, -0.05) is 33.1 Å². The van der Waals surface area contributed by atoms with Gasteiger partial charge in [0.2, 0.25) is 0 Å². The van der Waals surface area contributed by atoms with E-state index in [0.29, 0.717) is 6.10 Å². The largest absolute Gasteiger partial charge is 0.379 e. The van der Waals surface area contributed by atoms with Crippen LogP contribution in [0.3, 0.4) is 0 Å². The Morgan fingerprint density at radius 2 is 2.12 bits per heavy atom. The molecule has 1 rings (SSSR count). The van der Waals surface area contributed by atoms with Crippen LogP contribution in [0, 0.1) is 0 Å². The third kappa shape index (κ3) is 3.21. The first-order valence-electron chi connectivity index (χ1n) is 7.23. The summed E-state index contributed by atoms with van der Waals surface area (Å²) in [5.74, 6) is 0. The van der Waals surface area contributed by atoms with Crippen LogP contribution >= 0.6 is 0 Å². The van der Waals surface area contributed by atoms with Gasteiger partial charge < -0.3 is 10.5 Å². The SMILES string of the molecule is CCCCN(CC)C1(CN)CCCCC1OC. The summed E-state index contributed by atoms with van der Waals surface area (Å²) in [5, 5.41) is 0. The number of nitrogens with zero attached hydrogens (tertiary/aromatic N) is 1. The Bertz CT molecular complexity index is 210. The third-order valence-corrected chi connectivity index (χ3v) is 4.36. The quantitative estimate of drug-likeness (QED) is 0.745. The molecule has 1 aliphatic carbocycles. The molecule has 0 saturated heterocycles. The van der Waals surface area contributed by atoms with Crippen LogP contribution in [0.2, 0.25) is 0 Å². The molecule has 1 aliphatic rings. The minimum Gasteiger partial charge on any atom is -0.379 e. The summed E-state index contributed by atoms with van der Waals surface area (Å²) < 4.78 is 5.74. The molecule has 0 aliphatic heterocycles. The fourth-order valence-corrected chi connectivity index (χ4v) is 3.30. The van der Waals surface area contributed by atoms with Crippen molar-refractivity contribution in [1.29, 1.82) is 0 Å². The molecular weight excluding hydrogens is 212 g/mol. The van der Waals surface area contributed by atoms with Crippen molar-refractivity contribution in [2.75, 3.05) is 26.7 Å². The summed E-state index contributed by atoms with van der Waals surface area (Å²) in [6.07, 6.45) is 7.75. The van der Waals surface area contributed by atoms with E-state index in [1.165, 1.54) is 32.1 Å². The zero-order chi connectivity index (χ0) is 12.7. The van der Waals surface area contributed by atoms with Crippen molar-refractivity contribution in [3.8, 4) is 0 Å². The normalized spacial score (nSPS) is 29.8. The second-order valence-corrected chi connectivity index (χ2v) is 5.21. The average molecular weight is 242 g/mol. The fourth-order valence-electron chi connectivity index (χ4n) is 3.30. The number of hydrogen-bond acceptors (Lipinski definition) is 3. The van der Waals surface area contributed by atoms with Crippen LogP contribution in [0.5, 0.6) is 0 Å². The molecule has 1 fully saturated rings. The molecule has 0 heterocycles. The number of nitrogens with two attached hydrogens (primary N) is 1. The Balaban J connectivity index is 2.80. The van der Waals surface area contributed by atoms with E-state index >= 15 is 0 Å². The minimum absolute atomic E-state index is 0.0942. The van der Waals surface area contributed by atoms with Crippen LogP contribution < -0.4 is 5.73 Å². The Morgan fingerprint density at radius 1 is 1.35 bits per heavy atom. The van der Waals surface area contributed by atoms with Gasteiger partial charge in [-0.05, 0) is 32.4 Å². The lowest BCUT2D eigenvalue weighted by Gasteiger charge is -2.50. The first-order chi connectivity index (χ1) is 8.25. The maximum Gasteiger partial charge on any atom is 0.0767 e. The first-order valence-corrected chi connectivity index (χ1v) is 7.23. The monoisotopic (exact) mass is 242 g/mol. The van der Waals surface area contributed by atoms with Crippen molar-refractivity contribution in [2.24, 2.45) is 5.73 Å². The van der Waals surface area contributed by atoms with Gasteiger partial charge in [0, 0.05) is 13.7 Å². The molecule has 0 aromatic heterocycles. The van der Waals surface area contributed by atoms with Crippen LogP contribution in [0.25, 0.3) is 0 Å². The number of hydrogen-bond donors (Lipinski definition) is 1. The summed E-state index contributed by atoms with van der Waals surface area (Å²) in [6.45, 7) is 7.45. The molecule has 0 aromatic rings. The van der Waals surface area contributed by atoms with Crippen molar-refractivity contribution >= 4 is 0 Å². The number of methoxy groups -OCH3 is 1. The van der Waals surface area contributed by atoms with E-state index in [0.717, 1.165) is 26.1 Å². The highest BCUT2D eigenvalue weighted by atomic mass is 16.5. The molecule has 0 bridgehead atoms. The van der Waals surface area contributed by atoms with E-state index in [1.807, 2.05) is 7.11 Å². The van der Waals surface area contributed by atoms with Crippen LogP contribution in [0.4, 0.5) is 0 Å². The zero-order valence-electron chi connectivity index (χ0n) is 11.9. The fraction of sp³-hybridized carbons (Fsp3) is 1.00. The van der Waals surface area contributed by atoms with Crippen molar-refractivity contribution in [2.45, 2.75) is 64.0 Å². The first kappa shape index (κ1) is 14.9. The second-order valence-electron chi connectivity index (χ2n) is 5.21. The second kappa shape index (κ2) is 7.34. The zero-order valence-corrected chi connectivity index (χ0v) is 11.9. The highest BCUT2D eigenvalue weighted by Crippen LogP contribution is 2.35. The number of likely N-dealkylation sites (N-methyl/N-ethyl adjacent to an activating group) is 1. The Labute approximate surface area is 107 Å². The van der Waals surface area contributed by atoms with E-state index in [-0.39, 0.29) is 5.54 Å². The lowest BCUT2D eigenvalue weighted by atomic mass is 9.77. The topological polar surface area (TPSA) is 38.5 Å². The molecule has 2 N–H and O–H groups in total. The summed E-state index contributed by atoms with van der Waals surface area (Å²) in [7, 11) is 1.84. The summed E-state index contributed by atoms with van der Waals surface area (Å²) in [4.78, 5) is 2.57. The standard InChI is InChI=1S/C14H30N2O/c1-4-6-11-16(5-2)14(12-15)10-8-7-9-13(14)17-3/h13H,4-12,15H2,1-3H3. The van der Waals surface area contributed by atoms with Gasteiger partial charge in [-0.3, -0.25) is 4.90 Å². The molecule has 2 unspecified atom stereocenters. The number of unbranched alkanes of at least 4 members (excludes halogenated alkanes) is 1. The van der Waals surface area contributed by atoms with E-state index in [1.54, 1.807) is 0 Å². The van der Waals surface area contributed by atoms with Gasteiger partial charge >= 0.3 is 0 Å². The molecule has 1 saturated carbocycles. The van der Waals surface area contributed by atoms with Gasteiger partial charge in [0.25, 0.3) is 0 Å². The van der Waals surface area contributed by atoms with E-state index < -0.39 is 0 Å². The van der Waals surface area contributed by atoms with Gasteiger partial charge in [-0.15, -0.1) is 0 Å². The maximum atomic E-state index is 6.13. The van der Waals surface area contributed by atoms with E-state index in [9.17, 15) is 0 Å². The molecule has 2 atom stereocenters.